The Bertz CT molecular complexity index is 1430. The Hall–Kier alpha value is -3.96. The molecule has 2 N–H and O–H groups in total. The van der Waals surface area contributed by atoms with E-state index in [1.54, 1.807) is 23.6 Å². The van der Waals surface area contributed by atoms with Crippen molar-refractivity contribution < 1.29 is 4.79 Å². The summed E-state index contributed by atoms with van der Waals surface area (Å²) in [7, 11) is 0. The number of pyridine rings is 1. The monoisotopic (exact) mass is 449 g/mol. The summed E-state index contributed by atoms with van der Waals surface area (Å²) in [5.41, 5.74) is 6.55. The molecule has 0 atom stereocenters. The molecule has 4 nitrogen and oxygen atoms in total. The normalized spacial score (nSPS) is 10.8. The van der Waals surface area contributed by atoms with Crippen LogP contribution in [0.25, 0.3) is 22.0 Å². The Labute approximate surface area is 197 Å². The minimum Gasteiger partial charge on any atom is -0.380 e. The zero-order valence-corrected chi connectivity index (χ0v) is 19.0. The molecule has 3 aromatic carbocycles. The highest BCUT2D eigenvalue weighted by molar-refractivity contribution is 7.10. The van der Waals surface area contributed by atoms with Crippen molar-refractivity contribution in [2.45, 2.75) is 13.5 Å². The van der Waals surface area contributed by atoms with Gasteiger partial charge in [0.2, 0.25) is 0 Å². The average molecular weight is 450 g/mol. The van der Waals surface area contributed by atoms with Gasteiger partial charge in [0, 0.05) is 39.9 Å². The maximum Gasteiger partial charge on any atom is 0.256 e. The first-order chi connectivity index (χ1) is 16.2. The molecule has 5 aromatic rings. The molecule has 5 heteroatoms. The largest absolute Gasteiger partial charge is 0.380 e. The third kappa shape index (κ3) is 4.49. The molecule has 0 bridgehead atoms. The predicted molar refractivity (Wildman–Crippen MR) is 138 cm³/mol. The second kappa shape index (κ2) is 9.27. The van der Waals surface area contributed by atoms with Crippen LogP contribution in [0.3, 0.4) is 0 Å². The van der Waals surface area contributed by atoms with E-state index in [4.69, 9.17) is 0 Å². The van der Waals surface area contributed by atoms with Gasteiger partial charge in [-0.05, 0) is 59.8 Å². The predicted octanol–water partition coefficient (Wildman–Crippen LogP) is 7.14. The molecule has 1 amide bonds. The van der Waals surface area contributed by atoms with Crippen LogP contribution in [-0.4, -0.2) is 10.9 Å². The molecule has 0 aliphatic rings. The minimum absolute atomic E-state index is 0.150. The van der Waals surface area contributed by atoms with E-state index in [1.807, 2.05) is 54.6 Å². The van der Waals surface area contributed by atoms with Gasteiger partial charge in [0.25, 0.3) is 5.91 Å². The van der Waals surface area contributed by atoms with E-state index < -0.39 is 0 Å². The first-order valence-electron chi connectivity index (χ1n) is 10.8. The molecule has 0 aliphatic heterocycles. The fourth-order valence-corrected chi connectivity index (χ4v) is 4.74. The highest BCUT2D eigenvalue weighted by Crippen LogP contribution is 2.31. The number of anilines is 2. The summed E-state index contributed by atoms with van der Waals surface area (Å²) in [6.45, 7) is 2.93. The molecule has 0 radical (unpaired) electrons. The van der Waals surface area contributed by atoms with E-state index in [9.17, 15) is 4.79 Å². The van der Waals surface area contributed by atoms with E-state index in [2.05, 4.69) is 52.2 Å². The number of aryl methyl sites for hydroxylation is 1. The van der Waals surface area contributed by atoms with Crippen molar-refractivity contribution in [3.63, 3.8) is 0 Å². The number of carbonyl (C=O) groups is 1. The van der Waals surface area contributed by atoms with Gasteiger partial charge in [-0.15, -0.1) is 11.3 Å². The number of aromatic nitrogens is 1. The van der Waals surface area contributed by atoms with Crippen LogP contribution in [0.15, 0.2) is 96.5 Å². The van der Waals surface area contributed by atoms with Crippen LogP contribution in [0, 0.1) is 6.92 Å². The smallest absolute Gasteiger partial charge is 0.256 e. The highest BCUT2D eigenvalue weighted by Gasteiger charge is 2.13. The van der Waals surface area contributed by atoms with Crippen molar-refractivity contribution in [2.75, 3.05) is 10.6 Å². The quantitative estimate of drug-likeness (QED) is 0.290. The minimum atomic E-state index is -0.150. The second-order valence-corrected chi connectivity index (χ2v) is 8.84. The molecule has 2 heterocycles. The van der Waals surface area contributed by atoms with Crippen molar-refractivity contribution >= 4 is 39.5 Å². The summed E-state index contributed by atoms with van der Waals surface area (Å²) < 4.78 is 0. The number of benzene rings is 3. The van der Waals surface area contributed by atoms with Crippen LogP contribution in [0.4, 0.5) is 11.4 Å². The van der Waals surface area contributed by atoms with E-state index >= 15 is 0 Å². The summed E-state index contributed by atoms with van der Waals surface area (Å²) in [4.78, 5) is 18.9. The molecule has 0 saturated carbocycles. The van der Waals surface area contributed by atoms with Crippen LogP contribution >= 0.6 is 11.3 Å². The zero-order valence-electron chi connectivity index (χ0n) is 18.2. The zero-order chi connectivity index (χ0) is 22.6. The summed E-state index contributed by atoms with van der Waals surface area (Å²) in [6.07, 6.45) is 1.67. The Morgan fingerprint density at radius 1 is 0.939 bits per heavy atom. The number of para-hydroxylation sites is 2. The number of rotatable bonds is 6. The summed E-state index contributed by atoms with van der Waals surface area (Å²) in [6, 6.07) is 27.8. The molecule has 33 heavy (non-hydrogen) atoms. The van der Waals surface area contributed by atoms with Gasteiger partial charge in [-0.1, -0.05) is 48.5 Å². The van der Waals surface area contributed by atoms with Crippen molar-refractivity contribution in [3.05, 3.63) is 113 Å². The number of nitrogens with zero attached hydrogens (tertiary/aromatic N) is 1. The first kappa shape index (κ1) is 20.9. The maximum absolute atomic E-state index is 13.2. The lowest BCUT2D eigenvalue weighted by molar-refractivity contribution is 0.102. The molecule has 5 rings (SSSR count). The fourth-order valence-electron chi connectivity index (χ4n) is 3.89. The standard InChI is InChI=1S/C28H23N3OS/c1-19-14-16-33-27(19)18-30-21-8-6-7-20(17-21)22-9-2-5-12-26(22)31-28(32)24-13-15-29-25-11-4-3-10-23(24)25/h2-17,30H,18H2,1H3,(H,31,32). The second-order valence-electron chi connectivity index (χ2n) is 7.84. The molecular formula is C28H23N3OS. The average Bonchev–Trinajstić information content (AvgIpc) is 3.27. The van der Waals surface area contributed by atoms with Crippen LogP contribution in [0.5, 0.6) is 0 Å². The van der Waals surface area contributed by atoms with Crippen molar-refractivity contribution in [2.24, 2.45) is 0 Å². The molecule has 162 valence electrons. The summed E-state index contributed by atoms with van der Waals surface area (Å²) in [5.74, 6) is -0.150. The van der Waals surface area contributed by atoms with Crippen LogP contribution in [0.1, 0.15) is 20.8 Å². The van der Waals surface area contributed by atoms with E-state index in [-0.39, 0.29) is 5.91 Å². The van der Waals surface area contributed by atoms with Gasteiger partial charge in [0.15, 0.2) is 0 Å². The number of thiophene rings is 1. The number of fused-ring (bicyclic) bond motifs is 1. The molecule has 0 unspecified atom stereocenters. The Morgan fingerprint density at radius 3 is 2.67 bits per heavy atom. The van der Waals surface area contributed by atoms with Crippen LogP contribution in [0.2, 0.25) is 0 Å². The number of nitrogens with one attached hydrogen (secondary N) is 2. The molecule has 2 aromatic heterocycles. The molecule has 0 spiro atoms. The third-order valence-electron chi connectivity index (χ3n) is 5.66. The highest BCUT2D eigenvalue weighted by atomic mass is 32.1. The maximum atomic E-state index is 13.2. The lowest BCUT2D eigenvalue weighted by Gasteiger charge is -2.14. The lowest BCUT2D eigenvalue weighted by atomic mass is 10.0. The summed E-state index contributed by atoms with van der Waals surface area (Å²) >= 11 is 1.76. The van der Waals surface area contributed by atoms with Crippen molar-refractivity contribution in [1.82, 2.24) is 4.98 Å². The molecular weight excluding hydrogens is 426 g/mol. The van der Waals surface area contributed by atoms with Gasteiger partial charge in [0.1, 0.15) is 0 Å². The molecule has 0 saturated heterocycles. The van der Waals surface area contributed by atoms with Gasteiger partial charge in [-0.25, -0.2) is 0 Å². The number of hydrogen-bond donors (Lipinski definition) is 2. The fraction of sp³-hybridized carbons (Fsp3) is 0.0714. The third-order valence-corrected chi connectivity index (χ3v) is 6.69. The van der Waals surface area contributed by atoms with Gasteiger partial charge in [-0.2, -0.15) is 0 Å². The Balaban J connectivity index is 1.41. The topological polar surface area (TPSA) is 54.0 Å². The van der Waals surface area contributed by atoms with Crippen LogP contribution < -0.4 is 10.6 Å². The Kier molecular flexibility index (Phi) is 5.87. The molecule has 0 aliphatic carbocycles. The van der Waals surface area contributed by atoms with Crippen molar-refractivity contribution in [1.29, 1.82) is 0 Å². The van der Waals surface area contributed by atoms with Crippen LogP contribution in [-0.2, 0) is 6.54 Å². The van der Waals surface area contributed by atoms with Gasteiger partial charge in [0.05, 0.1) is 11.1 Å². The van der Waals surface area contributed by atoms with E-state index in [0.29, 0.717) is 5.56 Å². The molecule has 0 fully saturated rings. The summed E-state index contributed by atoms with van der Waals surface area (Å²) in [5, 5.41) is 9.59. The number of carbonyl (C=O) groups excluding carboxylic acids is 1. The van der Waals surface area contributed by atoms with Crippen molar-refractivity contribution in [3.8, 4) is 11.1 Å². The number of amides is 1. The van der Waals surface area contributed by atoms with Gasteiger partial charge < -0.3 is 10.6 Å². The van der Waals surface area contributed by atoms with Gasteiger partial charge >= 0.3 is 0 Å². The van der Waals surface area contributed by atoms with Gasteiger partial charge in [-0.3, -0.25) is 9.78 Å². The number of hydrogen-bond acceptors (Lipinski definition) is 4. The van der Waals surface area contributed by atoms with E-state index in [1.165, 1.54) is 10.4 Å². The first-order valence-corrected chi connectivity index (χ1v) is 11.7. The lowest BCUT2D eigenvalue weighted by Crippen LogP contribution is -2.13. The Morgan fingerprint density at radius 2 is 1.79 bits per heavy atom. The van der Waals surface area contributed by atoms with E-state index in [0.717, 1.165) is 39.9 Å². The SMILES string of the molecule is Cc1ccsc1CNc1cccc(-c2ccccc2NC(=O)c2ccnc3ccccc23)c1.